The van der Waals surface area contributed by atoms with Gasteiger partial charge in [0, 0.05) is 25.0 Å². The first kappa shape index (κ1) is 18.5. The molecule has 0 aromatic heterocycles. The molecule has 4 rings (SSSR count). The molecule has 1 heterocycles. The Labute approximate surface area is 160 Å². The first-order valence-electron chi connectivity index (χ1n) is 9.94. The Bertz CT molecular complexity index is 778. The third kappa shape index (κ3) is 3.74. The van der Waals surface area contributed by atoms with Crippen molar-refractivity contribution in [2.45, 2.75) is 50.3 Å². The van der Waals surface area contributed by atoms with Gasteiger partial charge in [0.15, 0.2) is 0 Å². The molecule has 2 aromatic rings. The number of fused-ring (bicyclic) bond motifs is 1. The number of ether oxygens (including phenoxy) is 1. The summed E-state index contributed by atoms with van der Waals surface area (Å²) in [4.78, 5) is 2.42. The number of benzene rings is 2. The lowest BCUT2D eigenvalue weighted by atomic mass is 9.66. The Balaban J connectivity index is 1.67. The molecule has 1 unspecified atom stereocenters. The van der Waals surface area contributed by atoms with Crippen molar-refractivity contribution < 1.29 is 14.2 Å². The number of hydrogen-bond donors (Lipinski definition) is 1. The van der Waals surface area contributed by atoms with Gasteiger partial charge in [0.1, 0.15) is 11.6 Å². The average molecular weight is 369 g/mol. The van der Waals surface area contributed by atoms with Crippen molar-refractivity contribution in [3.8, 4) is 5.75 Å². The van der Waals surface area contributed by atoms with E-state index in [0.717, 1.165) is 50.0 Å². The van der Waals surface area contributed by atoms with Crippen LogP contribution in [-0.2, 0) is 6.54 Å². The van der Waals surface area contributed by atoms with E-state index in [9.17, 15) is 9.50 Å². The second kappa shape index (κ2) is 7.61. The van der Waals surface area contributed by atoms with Gasteiger partial charge in [-0.05, 0) is 54.7 Å². The highest BCUT2D eigenvalue weighted by Gasteiger charge is 2.48. The van der Waals surface area contributed by atoms with Crippen LogP contribution in [0.3, 0.4) is 0 Å². The van der Waals surface area contributed by atoms with Crippen molar-refractivity contribution in [2.75, 3.05) is 13.7 Å². The SMILES string of the molecule is COc1ccc(C2[C@@H]3CCCC[C@]3(O)CCN2Cc2cccc(F)c2)cc1. The van der Waals surface area contributed by atoms with E-state index in [4.69, 9.17) is 4.74 Å². The van der Waals surface area contributed by atoms with Crippen LogP contribution < -0.4 is 4.74 Å². The van der Waals surface area contributed by atoms with E-state index in [0.29, 0.717) is 6.54 Å². The van der Waals surface area contributed by atoms with Crippen LogP contribution in [0.15, 0.2) is 48.5 Å². The Kier molecular flexibility index (Phi) is 5.20. The normalized spacial score (nSPS) is 28.6. The number of aliphatic hydroxyl groups is 1. The smallest absolute Gasteiger partial charge is 0.123 e. The van der Waals surface area contributed by atoms with Gasteiger partial charge in [-0.2, -0.15) is 0 Å². The molecule has 1 aliphatic heterocycles. The number of piperidine rings is 1. The zero-order chi connectivity index (χ0) is 18.9. The minimum absolute atomic E-state index is 0.137. The predicted octanol–water partition coefficient (Wildman–Crippen LogP) is 4.70. The highest BCUT2D eigenvalue weighted by molar-refractivity contribution is 5.31. The minimum atomic E-state index is -0.582. The first-order chi connectivity index (χ1) is 13.1. The third-order valence-electron chi connectivity index (χ3n) is 6.40. The fourth-order valence-electron chi connectivity index (χ4n) is 5.03. The molecule has 0 bridgehead atoms. The van der Waals surface area contributed by atoms with Gasteiger partial charge in [-0.15, -0.1) is 0 Å². The molecule has 0 amide bonds. The molecule has 1 aliphatic carbocycles. The number of methoxy groups -OCH3 is 1. The Hall–Kier alpha value is -1.91. The van der Waals surface area contributed by atoms with E-state index < -0.39 is 5.60 Å². The average Bonchev–Trinajstić information content (AvgIpc) is 2.68. The Morgan fingerprint density at radius 2 is 1.96 bits per heavy atom. The summed E-state index contributed by atoms with van der Waals surface area (Å²) < 4.78 is 19.0. The number of rotatable bonds is 4. The maximum atomic E-state index is 13.7. The van der Waals surface area contributed by atoms with Crippen molar-refractivity contribution >= 4 is 0 Å². The second-order valence-electron chi connectivity index (χ2n) is 8.02. The zero-order valence-corrected chi connectivity index (χ0v) is 15.9. The summed E-state index contributed by atoms with van der Waals surface area (Å²) in [7, 11) is 1.67. The van der Waals surface area contributed by atoms with Gasteiger partial charge in [-0.25, -0.2) is 4.39 Å². The van der Waals surface area contributed by atoms with E-state index in [1.54, 1.807) is 19.2 Å². The van der Waals surface area contributed by atoms with E-state index in [1.165, 1.54) is 11.6 Å². The third-order valence-corrected chi connectivity index (χ3v) is 6.40. The van der Waals surface area contributed by atoms with E-state index in [-0.39, 0.29) is 17.8 Å². The lowest BCUT2D eigenvalue weighted by Gasteiger charge is -2.52. The molecule has 2 aliphatic rings. The van der Waals surface area contributed by atoms with Crippen LogP contribution >= 0.6 is 0 Å². The van der Waals surface area contributed by atoms with Crippen molar-refractivity contribution in [1.29, 1.82) is 0 Å². The number of likely N-dealkylation sites (tertiary alicyclic amines) is 1. The molecule has 144 valence electrons. The molecule has 4 heteroatoms. The summed E-state index contributed by atoms with van der Waals surface area (Å²) in [5, 5.41) is 11.3. The summed E-state index contributed by atoms with van der Waals surface area (Å²) in [6.07, 6.45) is 4.98. The molecule has 2 aromatic carbocycles. The van der Waals surface area contributed by atoms with Gasteiger partial charge in [0.25, 0.3) is 0 Å². The monoisotopic (exact) mass is 369 g/mol. The van der Waals surface area contributed by atoms with Crippen molar-refractivity contribution in [1.82, 2.24) is 4.90 Å². The fourth-order valence-corrected chi connectivity index (χ4v) is 5.03. The van der Waals surface area contributed by atoms with Gasteiger partial charge < -0.3 is 9.84 Å². The van der Waals surface area contributed by atoms with Crippen LogP contribution in [0.4, 0.5) is 4.39 Å². The summed E-state index contributed by atoms with van der Waals surface area (Å²) in [5.41, 5.74) is 1.60. The number of nitrogens with zero attached hydrogens (tertiary/aromatic N) is 1. The largest absolute Gasteiger partial charge is 0.497 e. The lowest BCUT2D eigenvalue weighted by Crippen LogP contribution is -2.54. The van der Waals surface area contributed by atoms with Crippen LogP contribution in [0.5, 0.6) is 5.75 Å². The van der Waals surface area contributed by atoms with Crippen LogP contribution in [0.2, 0.25) is 0 Å². The number of halogens is 1. The topological polar surface area (TPSA) is 32.7 Å². The molecule has 1 saturated carbocycles. The quantitative estimate of drug-likeness (QED) is 0.848. The summed E-state index contributed by atoms with van der Waals surface area (Å²) >= 11 is 0. The zero-order valence-electron chi connectivity index (χ0n) is 15.9. The summed E-state index contributed by atoms with van der Waals surface area (Å²) in [6, 6.07) is 15.2. The summed E-state index contributed by atoms with van der Waals surface area (Å²) in [5.74, 6) is 0.853. The maximum absolute atomic E-state index is 13.7. The van der Waals surface area contributed by atoms with Gasteiger partial charge >= 0.3 is 0 Å². The molecule has 0 radical (unpaired) electrons. The van der Waals surface area contributed by atoms with E-state index in [2.05, 4.69) is 17.0 Å². The van der Waals surface area contributed by atoms with Crippen LogP contribution in [-0.4, -0.2) is 29.3 Å². The summed E-state index contributed by atoms with van der Waals surface area (Å²) in [6.45, 7) is 1.52. The van der Waals surface area contributed by atoms with Crippen molar-refractivity contribution in [2.24, 2.45) is 5.92 Å². The van der Waals surface area contributed by atoms with Crippen LogP contribution in [0.25, 0.3) is 0 Å². The Morgan fingerprint density at radius 1 is 1.15 bits per heavy atom. The molecule has 2 fully saturated rings. The van der Waals surface area contributed by atoms with Crippen LogP contribution in [0, 0.1) is 11.7 Å². The van der Waals surface area contributed by atoms with Crippen molar-refractivity contribution in [3.05, 3.63) is 65.5 Å². The lowest BCUT2D eigenvalue weighted by molar-refractivity contribution is -0.126. The maximum Gasteiger partial charge on any atom is 0.123 e. The predicted molar refractivity (Wildman–Crippen MR) is 104 cm³/mol. The van der Waals surface area contributed by atoms with Gasteiger partial charge in [0.2, 0.25) is 0 Å². The van der Waals surface area contributed by atoms with Gasteiger partial charge in [-0.3, -0.25) is 4.90 Å². The second-order valence-corrected chi connectivity index (χ2v) is 8.02. The Morgan fingerprint density at radius 3 is 2.70 bits per heavy atom. The van der Waals surface area contributed by atoms with Crippen LogP contribution in [0.1, 0.15) is 49.3 Å². The first-order valence-corrected chi connectivity index (χ1v) is 9.94. The minimum Gasteiger partial charge on any atom is -0.497 e. The number of hydrogen-bond acceptors (Lipinski definition) is 3. The molecule has 1 saturated heterocycles. The van der Waals surface area contributed by atoms with E-state index >= 15 is 0 Å². The molecule has 0 spiro atoms. The molecule has 27 heavy (non-hydrogen) atoms. The molecule has 3 atom stereocenters. The fraction of sp³-hybridized carbons (Fsp3) is 0.478. The van der Waals surface area contributed by atoms with Crippen molar-refractivity contribution in [3.63, 3.8) is 0 Å². The highest BCUT2D eigenvalue weighted by atomic mass is 19.1. The highest BCUT2D eigenvalue weighted by Crippen LogP contribution is 2.49. The van der Waals surface area contributed by atoms with Gasteiger partial charge in [0.05, 0.1) is 12.7 Å². The van der Waals surface area contributed by atoms with Gasteiger partial charge in [-0.1, -0.05) is 37.1 Å². The van der Waals surface area contributed by atoms with E-state index in [1.807, 2.05) is 18.2 Å². The molecular formula is C23H28FNO2. The molecular weight excluding hydrogens is 341 g/mol. The standard InChI is InChI=1S/C23H28FNO2/c1-27-20-10-8-18(9-11-20)22-21-7-2-3-12-23(21,26)13-14-25(22)16-17-5-4-6-19(24)15-17/h4-6,8-11,15,21-22,26H,2-3,7,12-14,16H2,1H3/t21-,22?,23-/m0/s1. The molecule has 1 N–H and O–H groups in total. The molecule has 3 nitrogen and oxygen atoms in total.